The molecule has 4 aromatic rings. The Balaban J connectivity index is 1.51. The lowest BCUT2D eigenvalue weighted by molar-refractivity contribution is -0.157. The smallest absolute Gasteiger partial charge is 0.408 e. The quantitative estimate of drug-likeness (QED) is 0.119. The van der Waals surface area contributed by atoms with E-state index in [0.717, 1.165) is 36.4 Å². The van der Waals surface area contributed by atoms with Crippen LogP contribution in [-0.2, 0) is 20.9 Å². The number of carbonyl (C=O) groups is 3. The molecular formula is C34H31F4N3O7. The lowest BCUT2D eigenvalue weighted by atomic mass is 10.0. The van der Waals surface area contributed by atoms with Gasteiger partial charge < -0.3 is 25.3 Å². The molecule has 0 spiro atoms. The molecule has 1 heterocycles. The van der Waals surface area contributed by atoms with Gasteiger partial charge in [-0.05, 0) is 44.5 Å². The molecule has 0 saturated carbocycles. The molecule has 0 unspecified atom stereocenters. The number of alkyl carbamates (subject to hydrolysis) is 1. The maximum Gasteiger partial charge on any atom is 0.408 e. The highest BCUT2D eigenvalue weighted by Gasteiger charge is 2.28. The van der Waals surface area contributed by atoms with E-state index in [1.165, 1.54) is 0 Å². The fourth-order valence-electron chi connectivity index (χ4n) is 4.46. The third kappa shape index (κ3) is 8.78. The van der Waals surface area contributed by atoms with Gasteiger partial charge in [-0.25, -0.2) is 27.2 Å². The Morgan fingerprint density at radius 2 is 1.52 bits per heavy atom. The zero-order valence-electron chi connectivity index (χ0n) is 26.0. The van der Waals surface area contributed by atoms with Gasteiger partial charge in [-0.3, -0.25) is 14.2 Å². The largest absolute Gasteiger partial charge is 0.493 e. The first kappa shape index (κ1) is 35.2. The predicted molar refractivity (Wildman–Crippen MR) is 166 cm³/mol. The molecule has 0 aliphatic heterocycles. The average Bonchev–Trinajstić information content (AvgIpc) is 3.00. The molecule has 48 heavy (non-hydrogen) atoms. The highest BCUT2D eigenvalue weighted by Crippen LogP contribution is 2.27. The van der Waals surface area contributed by atoms with Gasteiger partial charge in [0.25, 0.3) is 5.56 Å². The minimum absolute atomic E-state index is 0.0666. The van der Waals surface area contributed by atoms with Crippen LogP contribution in [0, 0.1) is 23.3 Å². The molecule has 0 fully saturated rings. The number of aromatic nitrogens is 1. The number of rotatable bonds is 11. The second-order valence-electron chi connectivity index (χ2n) is 11.4. The Morgan fingerprint density at radius 1 is 0.875 bits per heavy atom. The number of nitrogens with one attached hydrogen (secondary N) is 1. The standard InChI is InChI=1S/C34H31F4N3O7/c1-34(2,3)48-32(44)27(40-33(45)47-18-19-7-5-4-6-8-19)13-14-46-21-16-25(37)29(26(38)17-21)41-28(42)12-11-23(31(41)39)30(43)22-10-9-20(35)15-24(22)36/h4-12,15-17,27H,13-14,18,39H2,1-3H3,(H,40,45)/t27-/m0/s1. The van der Waals surface area contributed by atoms with Crippen LogP contribution in [-0.4, -0.2) is 40.7 Å². The summed E-state index contributed by atoms with van der Waals surface area (Å²) < 4.78 is 74.7. The fraction of sp³-hybridized carbons (Fsp3) is 0.235. The molecule has 0 aliphatic rings. The summed E-state index contributed by atoms with van der Waals surface area (Å²) in [6, 6.07) is 13.0. The van der Waals surface area contributed by atoms with E-state index in [9.17, 15) is 28.0 Å². The second kappa shape index (κ2) is 14.8. The number of anilines is 1. The molecule has 10 nitrogen and oxygen atoms in total. The number of nitrogens with zero attached hydrogens (tertiary/aromatic N) is 1. The third-order valence-electron chi connectivity index (χ3n) is 6.64. The van der Waals surface area contributed by atoms with Crippen molar-refractivity contribution in [3.8, 4) is 11.4 Å². The van der Waals surface area contributed by atoms with Gasteiger partial charge in [0.05, 0.1) is 17.7 Å². The Morgan fingerprint density at radius 3 is 2.15 bits per heavy atom. The molecule has 1 amide bonds. The number of hydrogen-bond donors (Lipinski definition) is 2. The molecule has 252 valence electrons. The van der Waals surface area contributed by atoms with E-state index in [2.05, 4.69) is 5.32 Å². The molecular weight excluding hydrogens is 638 g/mol. The Kier molecular flexibility index (Phi) is 10.9. The maximum atomic E-state index is 15.3. The number of nitrogens with two attached hydrogens (primary N) is 1. The molecule has 14 heteroatoms. The summed E-state index contributed by atoms with van der Waals surface area (Å²) in [7, 11) is 0. The third-order valence-corrected chi connectivity index (χ3v) is 6.64. The van der Waals surface area contributed by atoms with Crippen LogP contribution in [0.1, 0.15) is 48.7 Å². The highest BCUT2D eigenvalue weighted by atomic mass is 19.1. The normalized spacial score (nSPS) is 11.8. The second-order valence-corrected chi connectivity index (χ2v) is 11.4. The van der Waals surface area contributed by atoms with Crippen LogP contribution in [0.15, 0.2) is 77.6 Å². The Bertz CT molecular complexity index is 1870. The Hall–Kier alpha value is -5.66. The lowest BCUT2D eigenvalue weighted by Gasteiger charge is -2.24. The van der Waals surface area contributed by atoms with Crippen molar-refractivity contribution in [3.63, 3.8) is 0 Å². The topological polar surface area (TPSA) is 139 Å². The Labute approximate surface area is 272 Å². The van der Waals surface area contributed by atoms with Crippen molar-refractivity contribution >= 4 is 23.7 Å². The van der Waals surface area contributed by atoms with Gasteiger partial charge in [0.1, 0.15) is 47.1 Å². The van der Waals surface area contributed by atoms with Crippen molar-refractivity contribution in [2.45, 2.75) is 45.4 Å². The monoisotopic (exact) mass is 669 g/mol. The molecule has 0 saturated heterocycles. The number of ketones is 1. The van der Waals surface area contributed by atoms with Crippen molar-refractivity contribution in [2.75, 3.05) is 12.3 Å². The van der Waals surface area contributed by atoms with Gasteiger partial charge in [0, 0.05) is 30.7 Å². The van der Waals surface area contributed by atoms with Crippen molar-refractivity contribution < 1.29 is 46.2 Å². The summed E-state index contributed by atoms with van der Waals surface area (Å²) in [4.78, 5) is 50.9. The van der Waals surface area contributed by atoms with Crippen LogP contribution in [0.25, 0.3) is 5.69 Å². The lowest BCUT2D eigenvalue weighted by Crippen LogP contribution is -2.45. The van der Waals surface area contributed by atoms with Crippen molar-refractivity contribution in [3.05, 3.63) is 123 Å². The van der Waals surface area contributed by atoms with Crippen LogP contribution in [0.4, 0.5) is 28.2 Å². The van der Waals surface area contributed by atoms with Crippen LogP contribution in [0.2, 0.25) is 0 Å². The number of nitrogen functional groups attached to an aromatic ring is 1. The molecule has 3 N–H and O–H groups in total. The van der Waals surface area contributed by atoms with Gasteiger partial charge in [-0.2, -0.15) is 0 Å². The number of pyridine rings is 1. The zero-order chi connectivity index (χ0) is 35.2. The number of ether oxygens (including phenoxy) is 3. The average molecular weight is 670 g/mol. The maximum absolute atomic E-state index is 15.3. The summed E-state index contributed by atoms with van der Waals surface area (Å²) in [5.74, 6) is -7.69. The highest BCUT2D eigenvalue weighted by molar-refractivity contribution is 6.11. The first-order valence-electron chi connectivity index (χ1n) is 14.5. The molecule has 4 rings (SSSR count). The molecule has 3 aromatic carbocycles. The molecule has 0 bridgehead atoms. The van der Waals surface area contributed by atoms with E-state index < -0.39 is 80.9 Å². The van der Waals surface area contributed by atoms with Crippen molar-refractivity contribution in [2.24, 2.45) is 0 Å². The van der Waals surface area contributed by atoms with Crippen LogP contribution in [0.3, 0.4) is 0 Å². The molecule has 0 radical (unpaired) electrons. The van der Waals surface area contributed by atoms with E-state index >= 15 is 8.78 Å². The minimum atomic E-state index is -1.32. The summed E-state index contributed by atoms with van der Waals surface area (Å²) >= 11 is 0. The number of hydrogen-bond acceptors (Lipinski definition) is 8. The van der Waals surface area contributed by atoms with E-state index in [1.807, 2.05) is 0 Å². The molecule has 1 aromatic heterocycles. The van der Waals surface area contributed by atoms with Crippen molar-refractivity contribution in [1.82, 2.24) is 9.88 Å². The summed E-state index contributed by atoms with van der Waals surface area (Å²) in [5, 5.41) is 2.41. The van der Waals surface area contributed by atoms with E-state index in [4.69, 9.17) is 19.9 Å². The summed E-state index contributed by atoms with van der Waals surface area (Å²) in [6.07, 6.45) is -1.11. The number of esters is 1. The zero-order valence-corrected chi connectivity index (χ0v) is 26.0. The van der Waals surface area contributed by atoms with E-state index in [1.54, 1.807) is 51.1 Å². The first-order chi connectivity index (χ1) is 22.6. The van der Waals surface area contributed by atoms with Crippen LogP contribution in [0.5, 0.6) is 5.75 Å². The summed E-state index contributed by atoms with van der Waals surface area (Å²) in [5.41, 5.74) is 2.78. The number of amides is 1. The van der Waals surface area contributed by atoms with Gasteiger partial charge in [-0.1, -0.05) is 30.3 Å². The molecule has 1 atom stereocenters. The first-order valence-corrected chi connectivity index (χ1v) is 14.5. The van der Waals surface area contributed by atoms with E-state index in [-0.39, 0.29) is 25.4 Å². The van der Waals surface area contributed by atoms with Crippen molar-refractivity contribution in [1.29, 1.82) is 0 Å². The SMILES string of the molecule is CC(C)(C)OC(=O)[C@H](CCOc1cc(F)c(-n2c(N)c(C(=O)c3ccc(F)cc3F)ccc2=O)c(F)c1)NC(=O)OCc1ccccc1. The van der Waals surface area contributed by atoms with Crippen LogP contribution < -0.4 is 21.3 Å². The predicted octanol–water partition coefficient (Wildman–Crippen LogP) is 5.61. The number of benzene rings is 3. The fourth-order valence-corrected chi connectivity index (χ4v) is 4.46. The number of carbonyl (C=O) groups excluding carboxylic acids is 3. The molecule has 0 aliphatic carbocycles. The minimum Gasteiger partial charge on any atom is -0.493 e. The van der Waals surface area contributed by atoms with Gasteiger partial charge in [0.2, 0.25) is 0 Å². The van der Waals surface area contributed by atoms with Gasteiger partial charge in [0.15, 0.2) is 17.4 Å². The van der Waals surface area contributed by atoms with Gasteiger partial charge >= 0.3 is 12.1 Å². The van der Waals surface area contributed by atoms with Crippen LogP contribution >= 0.6 is 0 Å². The number of halogens is 4. The van der Waals surface area contributed by atoms with E-state index in [0.29, 0.717) is 16.2 Å². The summed E-state index contributed by atoms with van der Waals surface area (Å²) in [6.45, 7) is 4.48. The van der Waals surface area contributed by atoms with Gasteiger partial charge in [-0.15, -0.1) is 0 Å².